The molecule has 4 nitrogen and oxygen atoms in total. The van der Waals surface area contributed by atoms with E-state index in [0.717, 1.165) is 22.3 Å². The Morgan fingerprint density at radius 3 is 2.29 bits per heavy atom. The van der Waals surface area contributed by atoms with Crippen molar-refractivity contribution in [3.63, 3.8) is 0 Å². The molecule has 3 aromatic carbocycles. The third-order valence-electron chi connectivity index (χ3n) is 4.63. The van der Waals surface area contributed by atoms with Crippen molar-refractivity contribution in [3.8, 4) is 5.75 Å². The fraction of sp³-hybridized carbons (Fsp3) is 0.0833. The smallest absolute Gasteiger partial charge is 0.282 e. The van der Waals surface area contributed by atoms with Gasteiger partial charge in [0.2, 0.25) is 0 Å². The minimum absolute atomic E-state index is 0.153. The van der Waals surface area contributed by atoms with Crippen molar-refractivity contribution in [3.05, 3.63) is 101 Å². The summed E-state index contributed by atoms with van der Waals surface area (Å²) < 4.78 is 0. The molecular weight excluding hydrogens is 348 g/mol. The van der Waals surface area contributed by atoms with Crippen molar-refractivity contribution in [1.29, 1.82) is 0 Å². The van der Waals surface area contributed by atoms with Crippen molar-refractivity contribution in [2.75, 3.05) is 4.90 Å². The summed E-state index contributed by atoms with van der Waals surface area (Å²) in [7, 11) is 0. The van der Waals surface area contributed by atoms with Crippen molar-refractivity contribution < 1.29 is 9.90 Å². The van der Waals surface area contributed by atoms with Crippen LogP contribution in [-0.2, 0) is 4.79 Å². The lowest BCUT2D eigenvalue weighted by Crippen LogP contribution is -2.32. The maximum absolute atomic E-state index is 13.2. The normalized spacial score (nSPS) is 15.2. The van der Waals surface area contributed by atoms with Gasteiger partial charge in [-0.1, -0.05) is 53.6 Å². The lowest BCUT2D eigenvalue weighted by atomic mass is 10.1. The Kier molecular flexibility index (Phi) is 4.53. The van der Waals surface area contributed by atoms with E-state index < -0.39 is 0 Å². The van der Waals surface area contributed by atoms with Crippen molar-refractivity contribution >= 4 is 23.5 Å². The molecule has 0 radical (unpaired) electrons. The number of anilines is 1. The van der Waals surface area contributed by atoms with Crippen molar-refractivity contribution in [2.24, 2.45) is 4.99 Å². The maximum atomic E-state index is 13.2. The number of carbonyl (C=O) groups is 1. The van der Waals surface area contributed by atoms with Gasteiger partial charge in [0, 0.05) is 5.56 Å². The summed E-state index contributed by atoms with van der Waals surface area (Å²) in [5.74, 6) is 0.542. The summed E-state index contributed by atoms with van der Waals surface area (Å²) in [6, 6.07) is 22.4. The molecule has 1 heterocycles. The third kappa shape index (κ3) is 3.45. The largest absolute Gasteiger partial charge is 0.508 e. The Hall–Kier alpha value is -3.66. The van der Waals surface area contributed by atoms with E-state index in [0.29, 0.717) is 17.2 Å². The Morgan fingerprint density at radius 1 is 0.893 bits per heavy atom. The second-order valence-electron chi connectivity index (χ2n) is 6.90. The number of phenolic OH excluding ortho intramolecular Hbond substituents is 1. The van der Waals surface area contributed by atoms with E-state index in [-0.39, 0.29) is 11.7 Å². The van der Waals surface area contributed by atoms with Crippen LogP contribution in [0.3, 0.4) is 0 Å². The molecule has 3 aromatic rings. The molecule has 0 bridgehead atoms. The highest BCUT2D eigenvalue weighted by molar-refractivity contribution is 6.33. The van der Waals surface area contributed by atoms with Gasteiger partial charge in [0.15, 0.2) is 0 Å². The topological polar surface area (TPSA) is 52.9 Å². The van der Waals surface area contributed by atoms with Crippen LogP contribution >= 0.6 is 0 Å². The van der Waals surface area contributed by atoms with E-state index in [9.17, 15) is 9.90 Å². The number of benzene rings is 3. The molecule has 0 fully saturated rings. The van der Waals surface area contributed by atoms with E-state index >= 15 is 0 Å². The maximum Gasteiger partial charge on any atom is 0.282 e. The fourth-order valence-corrected chi connectivity index (χ4v) is 3.16. The number of hydrogen-bond acceptors (Lipinski definition) is 3. The number of aromatic hydroxyl groups is 1. The van der Waals surface area contributed by atoms with Gasteiger partial charge in [-0.3, -0.25) is 9.69 Å². The first-order valence-electron chi connectivity index (χ1n) is 9.09. The standard InChI is InChI=1S/C24H20N2O2/c1-16-6-8-18(9-7-16)15-22-24(28)26(20-10-12-21(27)13-11-20)23(25-22)19-5-3-4-17(2)14-19/h3-15,27H,1-2H3/b22-15+. The Morgan fingerprint density at radius 2 is 1.61 bits per heavy atom. The van der Waals surface area contributed by atoms with Gasteiger partial charge < -0.3 is 5.11 Å². The van der Waals surface area contributed by atoms with Crippen LogP contribution in [0.5, 0.6) is 5.75 Å². The molecule has 1 amide bonds. The molecule has 1 N–H and O–H groups in total. The highest BCUT2D eigenvalue weighted by atomic mass is 16.3. The molecule has 1 aliphatic heterocycles. The van der Waals surface area contributed by atoms with Crippen LogP contribution in [-0.4, -0.2) is 16.8 Å². The van der Waals surface area contributed by atoms with Gasteiger partial charge in [-0.15, -0.1) is 0 Å². The molecule has 28 heavy (non-hydrogen) atoms. The van der Waals surface area contributed by atoms with Gasteiger partial charge in [0.05, 0.1) is 5.69 Å². The van der Waals surface area contributed by atoms with Crippen LogP contribution in [0.1, 0.15) is 22.3 Å². The van der Waals surface area contributed by atoms with Crippen molar-refractivity contribution in [1.82, 2.24) is 0 Å². The monoisotopic (exact) mass is 368 g/mol. The highest BCUT2D eigenvalue weighted by Gasteiger charge is 2.32. The quantitative estimate of drug-likeness (QED) is 0.672. The molecule has 138 valence electrons. The molecule has 0 saturated carbocycles. The van der Waals surface area contributed by atoms with Gasteiger partial charge in [0.25, 0.3) is 5.91 Å². The summed E-state index contributed by atoms with van der Waals surface area (Å²) in [5.41, 5.74) is 5.09. The molecule has 0 unspecified atom stereocenters. The molecule has 1 aliphatic rings. The Bertz CT molecular complexity index is 1090. The molecular formula is C24H20N2O2. The van der Waals surface area contributed by atoms with E-state index in [1.807, 2.05) is 62.4 Å². The van der Waals surface area contributed by atoms with Gasteiger partial charge in [-0.05, 0) is 55.8 Å². The summed E-state index contributed by atoms with van der Waals surface area (Å²) in [4.78, 5) is 19.5. The van der Waals surface area contributed by atoms with Gasteiger partial charge in [0.1, 0.15) is 17.3 Å². The van der Waals surface area contributed by atoms with E-state index in [2.05, 4.69) is 4.99 Å². The van der Waals surface area contributed by atoms with Gasteiger partial charge >= 0.3 is 0 Å². The van der Waals surface area contributed by atoms with Crippen LogP contribution in [0.25, 0.3) is 6.08 Å². The highest BCUT2D eigenvalue weighted by Crippen LogP contribution is 2.29. The number of rotatable bonds is 3. The lowest BCUT2D eigenvalue weighted by molar-refractivity contribution is -0.113. The van der Waals surface area contributed by atoms with Crippen LogP contribution in [0, 0.1) is 13.8 Å². The summed E-state index contributed by atoms with van der Waals surface area (Å²) in [6.45, 7) is 4.03. The summed E-state index contributed by atoms with van der Waals surface area (Å²) in [6.07, 6.45) is 1.80. The number of aryl methyl sites for hydroxylation is 2. The number of aliphatic imine (C=N–C) groups is 1. The number of hydrogen-bond donors (Lipinski definition) is 1. The van der Waals surface area contributed by atoms with E-state index in [4.69, 9.17) is 0 Å². The second-order valence-corrected chi connectivity index (χ2v) is 6.90. The van der Waals surface area contributed by atoms with Gasteiger partial charge in [-0.2, -0.15) is 0 Å². The predicted octanol–water partition coefficient (Wildman–Crippen LogP) is 4.84. The zero-order valence-electron chi connectivity index (χ0n) is 15.8. The second kappa shape index (κ2) is 7.16. The first-order chi connectivity index (χ1) is 13.5. The minimum Gasteiger partial charge on any atom is -0.508 e. The van der Waals surface area contributed by atoms with Crippen molar-refractivity contribution in [2.45, 2.75) is 13.8 Å². The van der Waals surface area contributed by atoms with Crippen LogP contribution in [0.15, 0.2) is 83.5 Å². The average Bonchev–Trinajstić information content (AvgIpc) is 3.01. The van der Waals surface area contributed by atoms with Crippen LogP contribution < -0.4 is 4.90 Å². The summed E-state index contributed by atoms with van der Waals surface area (Å²) in [5, 5.41) is 9.61. The fourth-order valence-electron chi connectivity index (χ4n) is 3.16. The van der Waals surface area contributed by atoms with Crippen LogP contribution in [0.2, 0.25) is 0 Å². The number of nitrogens with zero attached hydrogens (tertiary/aromatic N) is 2. The lowest BCUT2D eigenvalue weighted by Gasteiger charge is -2.18. The van der Waals surface area contributed by atoms with Crippen LogP contribution in [0.4, 0.5) is 5.69 Å². The molecule has 0 saturated heterocycles. The SMILES string of the molecule is Cc1ccc(/C=C2/N=C(c3cccc(C)c3)N(c3ccc(O)cc3)C2=O)cc1. The number of phenols is 1. The third-order valence-corrected chi connectivity index (χ3v) is 4.63. The van der Waals surface area contributed by atoms with E-state index in [1.165, 1.54) is 0 Å². The summed E-state index contributed by atoms with van der Waals surface area (Å²) >= 11 is 0. The molecule has 0 aromatic heterocycles. The Balaban J connectivity index is 1.82. The number of amides is 1. The zero-order valence-corrected chi connectivity index (χ0v) is 15.8. The average molecular weight is 368 g/mol. The zero-order chi connectivity index (χ0) is 19.7. The number of carbonyl (C=O) groups excluding carboxylic acids is 1. The van der Waals surface area contributed by atoms with E-state index in [1.54, 1.807) is 35.2 Å². The molecule has 0 atom stereocenters. The number of amidine groups is 1. The molecule has 0 spiro atoms. The molecule has 4 heteroatoms. The predicted molar refractivity (Wildman–Crippen MR) is 112 cm³/mol. The minimum atomic E-state index is -0.192. The molecule has 0 aliphatic carbocycles. The van der Waals surface area contributed by atoms with Gasteiger partial charge in [-0.25, -0.2) is 4.99 Å². The molecule has 4 rings (SSSR count). The Labute approximate surface area is 164 Å². The first kappa shape index (κ1) is 17.7. The first-order valence-corrected chi connectivity index (χ1v) is 9.09.